The predicted octanol–water partition coefficient (Wildman–Crippen LogP) is 2.42. The number of rotatable bonds is 5. The average molecular weight is 368 g/mol. The molecule has 8 heteroatoms. The number of benzene rings is 1. The van der Waals surface area contributed by atoms with Crippen LogP contribution in [0.25, 0.3) is 11.3 Å². The largest absolute Gasteiger partial charge is 0.355 e. The Kier molecular flexibility index (Phi) is 5.01. The van der Waals surface area contributed by atoms with E-state index >= 15 is 0 Å². The van der Waals surface area contributed by atoms with Gasteiger partial charge in [0.2, 0.25) is 5.91 Å². The minimum absolute atomic E-state index is 0.00258. The molecule has 0 fully saturated rings. The molecule has 0 saturated carbocycles. The molecule has 1 N–H and O–H groups in total. The number of nitrogens with one attached hydrogen (secondary N) is 1. The van der Waals surface area contributed by atoms with Crippen molar-refractivity contribution in [2.24, 2.45) is 0 Å². The van der Waals surface area contributed by atoms with Crippen LogP contribution >= 0.6 is 11.3 Å². The molecule has 0 bridgehead atoms. The number of amides is 1. The first kappa shape index (κ1) is 16.8. The topological polar surface area (TPSA) is 85.6 Å². The van der Waals surface area contributed by atoms with Crippen LogP contribution in [0.15, 0.2) is 35.7 Å². The van der Waals surface area contributed by atoms with Crippen molar-refractivity contribution in [2.75, 3.05) is 6.54 Å². The maximum absolute atomic E-state index is 12.6. The van der Waals surface area contributed by atoms with Gasteiger partial charge in [-0.3, -0.25) is 4.79 Å². The van der Waals surface area contributed by atoms with Gasteiger partial charge >= 0.3 is 0 Å². The van der Waals surface area contributed by atoms with Crippen LogP contribution < -0.4 is 5.32 Å². The lowest BCUT2D eigenvalue weighted by atomic mass is 10.0. The highest BCUT2D eigenvalue weighted by Crippen LogP contribution is 2.24. The van der Waals surface area contributed by atoms with Crippen molar-refractivity contribution in [3.8, 4) is 11.3 Å². The SMILES string of the molecule is O=C(NCCc1nc(-c2ccccc2)cs1)[C@@H]1CCCCn2nnnc21. The molecule has 3 heterocycles. The van der Waals surface area contributed by atoms with Crippen molar-refractivity contribution in [2.45, 2.75) is 38.1 Å². The summed E-state index contributed by atoms with van der Waals surface area (Å²) in [5, 5.41) is 17.9. The van der Waals surface area contributed by atoms with E-state index in [0.29, 0.717) is 12.4 Å². The standard InChI is InChI=1S/C18H20N6OS/c25-18(14-8-4-5-11-24-17(14)21-22-23-24)19-10-9-16-20-15(12-26-16)13-6-2-1-3-7-13/h1-3,6-7,12,14H,4-5,8-11H2,(H,19,25)/t14-/m1/s1. The molecular weight excluding hydrogens is 348 g/mol. The highest BCUT2D eigenvalue weighted by Gasteiger charge is 2.28. The highest BCUT2D eigenvalue weighted by atomic mass is 32.1. The number of aromatic nitrogens is 5. The normalized spacial score (nSPS) is 16.7. The van der Waals surface area contributed by atoms with Crippen molar-refractivity contribution >= 4 is 17.2 Å². The minimum atomic E-state index is -0.260. The van der Waals surface area contributed by atoms with E-state index < -0.39 is 0 Å². The number of hydrogen-bond acceptors (Lipinski definition) is 6. The van der Waals surface area contributed by atoms with E-state index in [1.54, 1.807) is 16.0 Å². The molecule has 2 aromatic heterocycles. The number of nitrogens with zero attached hydrogens (tertiary/aromatic N) is 5. The summed E-state index contributed by atoms with van der Waals surface area (Å²) >= 11 is 1.63. The Morgan fingerprint density at radius 3 is 3.04 bits per heavy atom. The van der Waals surface area contributed by atoms with E-state index in [9.17, 15) is 4.79 Å². The van der Waals surface area contributed by atoms with Gasteiger partial charge in [-0.1, -0.05) is 36.8 Å². The summed E-state index contributed by atoms with van der Waals surface area (Å²) in [7, 11) is 0. The Morgan fingerprint density at radius 1 is 1.27 bits per heavy atom. The Balaban J connectivity index is 1.34. The van der Waals surface area contributed by atoms with E-state index in [2.05, 4.69) is 43.3 Å². The first-order valence-corrected chi connectivity index (χ1v) is 9.73. The molecule has 1 atom stereocenters. The summed E-state index contributed by atoms with van der Waals surface area (Å²) in [6.45, 7) is 1.35. The molecule has 1 amide bonds. The second kappa shape index (κ2) is 7.74. The van der Waals surface area contributed by atoms with Crippen LogP contribution in [0.2, 0.25) is 0 Å². The molecule has 0 unspecified atom stereocenters. The van der Waals surface area contributed by atoms with E-state index in [0.717, 1.165) is 48.5 Å². The molecule has 7 nitrogen and oxygen atoms in total. The Morgan fingerprint density at radius 2 is 2.15 bits per heavy atom. The van der Waals surface area contributed by atoms with Gasteiger partial charge in [0.15, 0.2) is 5.82 Å². The lowest BCUT2D eigenvalue weighted by Gasteiger charge is -2.12. The van der Waals surface area contributed by atoms with Crippen LogP contribution in [-0.4, -0.2) is 37.6 Å². The van der Waals surface area contributed by atoms with Gasteiger partial charge in [-0.05, 0) is 23.3 Å². The van der Waals surface area contributed by atoms with Gasteiger partial charge in [-0.2, -0.15) is 0 Å². The third-order valence-corrected chi connectivity index (χ3v) is 5.47. The first-order valence-electron chi connectivity index (χ1n) is 8.85. The number of hydrogen-bond donors (Lipinski definition) is 1. The first-order chi connectivity index (χ1) is 12.8. The molecule has 0 saturated heterocycles. The summed E-state index contributed by atoms with van der Waals surface area (Å²) < 4.78 is 1.75. The summed E-state index contributed by atoms with van der Waals surface area (Å²) in [6.07, 6.45) is 3.52. The van der Waals surface area contributed by atoms with Crippen LogP contribution in [0.1, 0.15) is 36.0 Å². The maximum atomic E-state index is 12.6. The Bertz CT molecular complexity index is 875. The number of thiazole rings is 1. The molecule has 26 heavy (non-hydrogen) atoms. The van der Waals surface area contributed by atoms with E-state index in [4.69, 9.17) is 0 Å². The molecule has 1 aliphatic rings. The third-order valence-electron chi connectivity index (χ3n) is 4.56. The number of tetrazole rings is 1. The molecule has 0 radical (unpaired) electrons. The van der Waals surface area contributed by atoms with Gasteiger partial charge in [0.25, 0.3) is 0 Å². The molecular formula is C18H20N6OS. The predicted molar refractivity (Wildman–Crippen MR) is 98.7 cm³/mol. The molecule has 134 valence electrons. The zero-order valence-corrected chi connectivity index (χ0v) is 15.2. The smallest absolute Gasteiger partial charge is 0.230 e. The van der Waals surface area contributed by atoms with Gasteiger partial charge in [0.05, 0.1) is 16.6 Å². The van der Waals surface area contributed by atoms with E-state index in [1.165, 1.54) is 0 Å². The van der Waals surface area contributed by atoms with Crippen molar-refractivity contribution in [1.29, 1.82) is 0 Å². The third kappa shape index (κ3) is 3.65. The van der Waals surface area contributed by atoms with Crippen molar-refractivity contribution in [3.05, 3.63) is 46.5 Å². The van der Waals surface area contributed by atoms with E-state index in [1.807, 2.05) is 18.2 Å². The molecule has 4 rings (SSSR count). The fourth-order valence-electron chi connectivity index (χ4n) is 3.19. The van der Waals surface area contributed by atoms with Gasteiger partial charge in [0, 0.05) is 30.5 Å². The van der Waals surface area contributed by atoms with Crippen LogP contribution in [0, 0.1) is 0 Å². The summed E-state index contributed by atoms with van der Waals surface area (Å²) in [5.41, 5.74) is 2.10. The monoisotopic (exact) mass is 368 g/mol. The summed E-state index contributed by atoms with van der Waals surface area (Å²) in [5.74, 6) is 0.423. The van der Waals surface area contributed by atoms with Crippen LogP contribution in [-0.2, 0) is 17.8 Å². The zero-order valence-electron chi connectivity index (χ0n) is 14.3. The number of aryl methyl sites for hydroxylation is 1. The fourth-order valence-corrected chi connectivity index (χ4v) is 4.00. The van der Waals surface area contributed by atoms with Gasteiger partial charge in [0.1, 0.15) is 0 Å². The zero-order chi connectivity index (χ0) is 17.8. The van der Waals surface area contributed by atoms with Crippen molar-refractivity contribution in [1.82, 2.24) is 30.5 Å². The molecule has 1 aromatic carbocycles. The average Bonchev–Trinajstić information content (AvgIpc) is 3.28. The van der Waals surface area contributed by atoms with E-state index in [-0.39, 0.29) is 11.8 Å². The van der Waals surface area contributed by atoms with Crippen molar-refractivity contribution in [3.63, 3.8) is 0 Å². The fraction of sp³-hybridized carbons (Fsp3) is 0.389. The van der Waals surface area contributed by atoms with Crippen LogP contribution in [0.3, 0.4) is 0 Å². The second-order valence-corrected chi connectivity index (χ2v) is 7.28. The van der Waals surface area contributed by atoms with Gasteiger partial charge in [-0.15, -0.1) is 16.4 Å². The Hall–Kier alpha value is -2.61. The summed E-state index contributed by atoms with van der Waals surface area (Å²) in [6, 6.07) is 10.1. The highest BCUT2D eigenvalue weighted by molar-refractivity contribution is 7.09. The maximum Gasteiger partial charge on any atom is 0.230 e. The summed E-state index contributed by atoms with van der Waals surface area (Å²) in [4.78, 5) is 17.3. The quantitative estimate of drug-likeness (QED) is 0.747. The van der Waals surface area contributed by atoms with Crippen LogP contribution in [0.4, 0.5) is 0 Å². The van der Waals surface area contributed by atoms with Crippen molar-refractivity contribution < 1.29 is 4.79 Å². The van der Waals surface area contributed by atoms with Crippen LogP contribution in [0.5, 0.6) is 0 Å². The van der Waals surface area contributed by atoms with Gasteiger partial charge in [-0.25, -0.2) is 9.67 Å². The number of carbonyl (C=O) groups is 1. The molecule has 3 aromatic rings. The Labute approximate surface area is 155 Å². The molecule has 0 spiro atoms. The molecule has 0 aliphatic carbocycles. The lowest BCUT2D eigenvalue weighted by Crippen LogP contribution is -2.32. The van der Waals surface area contributed by atoms with Gasteiger partial charge < -0.3 is 5.32 Å². The second-order valence-electron chi connectivity index (χ2n) is 6.34. The lowest BCUT2D eigenvalue weighted by molar-refractivity contribution is -0.122. The minimum Gasteiger partial charge on any atom is -0.355 e. The number of fused-ring (bicyclic) bond motifs is 1. The number of carbonyl (C=O) groups excluding carboxylic acids is 1. The molecule has 1 aliphatic heterocycles.